The first-order chi connectivity index (χ1) is 18.9. The molecule has 0 bridgehead atoms. The molecule has 0 aliphatic carbocycles. The van der Waals surface area contributed by atoms with Crippen molar-refractivity contribution in [3.05, 3.63) is 0 Å². The molecule has 0 aromatic heterocycles. The molecule has 268 valence electrons. The maximum atomic E-state index is 12.8. The van der Waals surface area contributed by atoms with Crippen LogP contribution in [0.2, 0.25) is 0 Å². The summed E-state index contributed by atoms with van der Waals surface area (Å²) in [6, 6.07) is 0. The van der Waals surface area contributed by atoms with Gasteiger partial charge in [-0.2, -0.15) is 87.8 Å². The van der Waals surface area contributed by atoms with Gasteiger partial charge in [0.25, 0.3) is 0 Å². The first-order valence-corrected chi connectivity index (χ1v) is 9.70. The van der Waals surface area contributed by atoms with E-state index >= 15 is 0 Å². The van der Waals surface area contributed by atoms with Gasteiger partial charge in [0.15, 0.2) is 0 Å². The zero-order valence-corrected chi connectivity index (χ0v) is 20.1. The van der Waals surface area contributed by atoms with E-state index < -0.39 is 87.0 Å². The Morgan fingerprint density at radius 3 is 0.750 bits per heavy atom. The Morgan fingerprint density at radius 1 is 0.386 bits per heavy atom. The van der Waals surface area contributed by atoms with Gasteiger partial charge in [-0.25, -0.2) is 23.7 Å². The lowest BCUT2D eigenvalue weighted by Gasteiger charge is -2.33. The van der Waals surface area contributed by atoms with Crippen LogP contribution in [0.3, 0.4) is 0 Å². The van der Waals surface area contributed by atoms with Crippen LogP contribution in [0.1, 0.15) is 6.92 Å². The van der Waals surface area contributed by atoms with Crippen molar-refractivity contribution in [3.63, 3.8) is 0 Å². The second-order valence-electron chi connectivity index (χ2n) is 7.24. The molecule has 0 aliphatic rings. The minimum Gasteiger partial charge on any atom is -0.387 e. The smallest absolute Gasteiger partial charge is 0.387 e. The molecule has 0 amide bonds. The van der Waals surface area contributed by atoms with Crippen LogP contribution in [0.4, 0.5) is 87.8 Å². The van der Waals surface area contributed by atoms with Crippen molar-refractivity contribution in [2.24, 2.45) is 0 Å². The third-order valence-corrected chi connectivity index (χ3v) is 3.41. The SMILES string of the molecule is CC(O)C(F)(F)OC(F)(F)C(F)(F)OC(F)(F)CO.OCC(F)(F)OC(F)(F)C(F)(F)OC(F)(F)C(F)(F)OC(F)(F)CO. The van der Waals surface area contributed by atoms with E-state index in [1.165, 1.54) is 0 Å². The molecule has 0 spiro atoms. The average molecular weight is 718 g/mol. The van der Waals surface area contributed by atoms with Crippen LogP contribution >= 0.6 is 0 Å². The van der Waals surface area contributed by atoms with Gasteiger partial charge in [0.1, 0.15) is 25.9 Å². The summed E-state index contributed by atoms with van der Waals surface area (Å²) in [5.41, 5.74) is 0. The van der Waals surface area contributed by atoms with Crippen LogP contribution in [-0.4, -0.2) is 107 Å². The number of alkyl halides is 20. The number of ether oxygens (including phenoxy) is 5. The van der Waals surface area contributed by atoms with Gasteiger partial charge in [-0.05, 0) is 6.92 Å². The van der Waals surface area contributed by atoms with Crippen molar-refractivity contribution < 1.29 is 132 Å². The van der Waals surface area contributed by atoms with E-state index in [1.54, 1.807) is 4.74 Å². The van der Waals surface area contributed by atoms with Gasteiger partial charge in [0, 0.05) is 0 Å². The summed E-state index contributed by atoms with van der Waals surface area (Å²) >= 11 is 0. The van der Waals surface area contributed by atoms with Crippen LogP contribution < -0.4 is 0 Å². The number of hydrogen-bond donors (Lipinski definition) is 4. The molecule has 0 radical (unpaired) electrons. The second-order valence-corrected chi connectivity index (χ2v) is 7.24. The van der Waals surface area contributed by atoms with Crippen molar-refractivity contribution in [3.8, 4) is 0 Å². The topological polar surface area (TPSA) is 127 Å². The Labute approximate surface area is 227 Å². The monoisotopic (exact) mass is 718 g/mol. The van der Waals surface area contributed by atoms with E-state index in [-0.39, 0.29) is 6.92 Å². The highest BCUT2D eigenvalue weighted by Crippen LogP contribution is 2.48. The van der Waals surface area contributed by atoms with Crippen molar-refractivity contribution in [1.29, 1.82) is 0 Å². The summed E-state index contributed by atoms with van der Waals surface area (Å²) in [6.07, 6.45) is -63.8. The molecule has 0 heterocycles. The zero-order chi connectivity index (χ0) is 36.2. The lowest BCUT2D eigenvalue weighted by Crippen LogP contribution is -2.57. The molecule has 0 rings (SSSR count). The van der Waals surface area contributed by atoms with Crippen molar-refractivity contribution in [2.75, 3.05) is 19.8 Å². The fraction of sp³-hybridized carbons (Fsp3) is 1.00. The molecule has 29 heteroatoms. The number of hydrogen-bond acceptors (Lipinski definition) is 9. The molecule has 4 N–H and O–H groups in total. The molecule has 0 saturated heterocycles. The molecule has 0 saturated carbocycles. The maximum Gasteiger partial charge on any atom is 0.453 e. The number of aliphatic hydroxyl groups is 4. The summed E-state index contributed by atoms with van der Waals surface area (Å²) in [5, 5.41) is 31.9. The predicted octanol–water partition coefficient (Wildman–Crippen LogP) is 4.34. The number of halogens is 20. The fourth-order valence-electron chi connectivity index (χ4n) is 1.43. The Morgan fingerprint density at radius 2 is 0.568 bits per heavy atom. The van der Waals surface area contributed by atoms with Gasteiger partial charge in [-0.3, -0.25) is 0 Å². The quantitative estimate of drug-likeness (QED) is 0.163. The molecule has 0 aromatic rings. The second kappa shape index (κ2) is 13.9. The number of rotatable bonds is 17. The highest BCUT2D eigenvalue weighted by molar-refractivity contribution is 4.77. The molecule has 1 atom stereocenters. The van der Waals surface area contributed by atoms with Gasteiger partial charge >= 0.3 is 61.1 Å². The van der Waals surface area contributed by atoms with Crippen LogP contribution in [-0.2, 0) is 23.7 Å². The van der Waals surface area contributed by atoms with Crippen LogP contribution in [0.15, 0.2) is 0 Å². The molecule has 9 nitrogen and oxygen atoms in total. The van der Waals surface area contributed by atoms with Gasteiger partial charge in [0.2, 0.25) is 0 Å². The van der Waals surface area contributed by atoms with Gasteiger partial charge in [-0.15, -0.1) is 0 Å². The predicted molar refractivity (Wildman–Crippen MR) is 87.8 cm³/mol. The Bertz CT molecular complexity index is 858. The van der Waals surface area contributed by atoms with E-state index in [9.17, 15) is 87.8 Å². The van der Waals surface area contributed by atoms with E-state index in [0.717, 1.165) is 0 Å². The van der Waals surface area contributed by atoms with E-state index in [1.807, 2.05) is 9.47 Å². The van der Waals surface area contributed by atoms with E-state index in [4.69, 9.17) is 20.4 Å². The largest absolute Gasteiger partial charge is 0.453 e. The van der Waals surface area contributed by atoms with Crippen molar-refractivity contribution in [2.45, 2.75) is 74.1 Å². The molecule has 0 aromatic carbocycles. The van der Waals surface area contributed by atoms with Crippen LogP contribution in [0.5, 0.6) is 0 Å². The van der Waals surface area contributed by atoms with Crippen molar-refractivity contribution >= 4 is 0 Å². The average Bonchev–Trinajstić information content (AvgIpc) is 2.75. The van der Waals surface area contributed by atoms with E-state index in [2.05, 4.69) is 9.47 Å². The summed E-state index contributed by atoms with van der Waals surface area (Å²) in [5.74, 6) is 0. The molecule has 1 unspecified atom stereocenters. The van der Waals surface area contributed by atoms with E-state index in [0.29, 0.717) is 0 Å². The molecule has 44 heavy (non-hydrogen) atoms. The molecular weight excluding hydrogens is 704 g/mol. The third-order valence-electron chi connectivity index (χ3n) is 3.41. The molecule has 0 aliphatic heterocycles. The van der Waals surface area contributed by atoms with Gasteiger partial charge < -0.3 is 20.4 Å². The Balaban J connectivity index is 0. The normalized spacial score (nSPS) is 16.0. The minimum absolute atomic E-state index is 0.234. The van der Waals surface area contributed by atoms with Crippen molar-refractivity contribution in [1.82, 2.24) is 0 Å². The Kier molecular flexibility index (Phi) is 14.0. The van der Waals surface area contributed by atoms with Gasteiger partial charge in [0.05, 0.1) is 0 Å². The summed E-state index contributed by atoms with van der Waals surface area (Å²) < 4.78 is 261. The highest BCUT2D eigenvalue weighted by Gasteiger charge is 2.74. The van der Waals surface area contributed by atoms with Crippen LogP contribution in [0, 0.1) is 0 Å². The maximum absolute atomic E-state index is 12.8. The molecular formula is C15H14F20O9. The summed E-state index contributed by atoms with van der Waals surface area (Å²) in [6.45, 7) is -7.48. The van der Waals surface area contributed by atoms with Gasteiger partial charge in [-0.1, -0.05) is 0 Å². The third kappa shape index (κ3) is 12.6. The zero-order valence-electron chi connectivity index (χ0n) is 20.1. The first-order valence-electron chi connectivity index (χ1n) is 9.70. The molecule has 0 fully saturated rings. The number of aliphatic hydroxyl groups excluding tert-OH is 4. The summed E-state index contributed by atoms with van der Waals surface area (Å²) in [7, 11) is 0. The van der Waals surface area contributed by atoms with Crippen LogP contribution in [0.25, 0.3) is 0 Å². The standard InChI is InChI=1S/C8H6F12O5.C7H8F8O4/c9-3(10,1-21)23-5(13,14)7(17,18)25-8(19,20)6(15,16)24-4(11,12)2-22;1-3(17)5(10,11)19-7(14,15)6(12,13)18-4(8,9)2-16/h21-22H,1-2H2;3,16-17H,2H2,1H3. The fourth-order valence-corrected chi connectivity index (χ4v) is 1.43. The highest BCUT2D eigenvalue weighted by atomic mass is 19.4. The lowest BCUT2D eigenvalue weighted by molar-refractivity contribution is -0.558. The Hall–Kier alpha value is -1.76. The first kappa shape index (κ1) is 44.4. The minimum atomic E-state index is -6.95. The summed E-state index contributed by atoms with van der Waals surface area (Å²) in [4.78, 5) is 0. The lowest BCUT2D eigenvalue weighted by atomic mass is 10.4.